The van der Waals surface area contributed by atoms with Crippen LogP contribution in [0.3, 0.4) is 0 Å². The molecule has 0 spiro atoms. The number of alkyl halides is 3. The van der Waals surface area contributed by atoms with E-state index in [0.29, 0.717) is 32.0 Å². The maximum atomic E-state index is 13.0. The molecule has 19 heavy (non-hydrogen) atoms. The maximum Gasteiger partial charge on any atom is 0.418 e. The molecule has 0 heterocycles. The monoisotopic (exact) mass is 274 g/mol. The van der Waals surface area contributed by atoms with Gasteiger partial charge in [0.05, 0.1) is 5.56 Å². The molecule has 1 rings (SSSR count). The first-order valence-electron chi connectivity index (χ1n) is 6.47. The summed E-state index contributed by atoms with van der Waals surface area (Å²) in [6, 6.07) is 5.72. The van der Waals surface area contributed by atoms with Crippen molar-refractivity contribution < 1.29 is 13.2 Å². The number of rotatable bonds is 6. The van der Waals surface area contributed by atoms with Gasteiger partial charge < -0.3 is 10.6 Å². The predicted octanol–water partition coefficient (Wildman–Crippen LogP) is 3.52. The number of benzene rings is 1. The minimum atomic E-state index is -4.32. The Bertz CT molecular complexity index is 389. The van der Waals surface area contributed by atoms with Crippen LogP contribution in [0.5, 0.6) is 0 Å². The molecule has 0 radical (unpaired) electrons. The molecule has 0 atom stereocenters. The van der Waals surface area contributed by atoms with Crippen molar-refractivity contribution in [2.24, 2.45) is 11.7 Å². The van der Waals surface area contributed by atoms with Crippen LogP contribution in [0.25, 0.3) is 0 Å². The van der Waals surface area contributed by atoms with E-state index < -0.39 is 11.7 Å². The van der Waals surface area contributed by atoms with E-state index in [-0.39, 0.29) is 5.69 Å². The van der Waals surface area contributed by atoms with E-state index in [4.69, 9.17) is 5.73 Å². The predicted molar refractivity (Wildman–Crippen MR) is 72.2 cm³/mol. The summed E-state index contributed by atoms with van der Waals surface area (Å²) >= 11 is 0. The van der Waals surface area contributed by atoms with Crippen LogP contribution in [0.4, 0.5) is 18.9 Å². The Labute approximate surface area is 112 Å². The summed E-state index contributed by atoms with van der Waals surface area (Å²) in [5.41, 5.74) is 5.13. The highest BCUT2D eigenvalue weighted by Crippen LogP contribution is 2.36. The van der Waals surface area contributed by atoms with E-state index in [9.17, 15) is 13.2 Å². The van der Waals surface area contributed by atoms with Gasteiger partial charge in [0.2, 0.25) is 0 Å². The van der Waals surface area contributed by atoms with Crippen LogP contribution >= 0.6 is 0 Å². The van der Waals surface area contributed by atoms with E-state index in [1.54, 1.807) is 11.0 Å². The lowest BCUT2D eigenvalue weighted by Crippen LogP contribution is -2.31. The Morgan fingerprint density at radius 2 is 1.84 bits per heavy atom. The van der Waals surface area contributed by atoms with Crippen LogP contribution in [0.15, 0.2) is 24.3 Å². The van der Waals surface area contributed by atoms with Crippen molar-refractivity contribution in [3.05, 3.63) is 29.8 Å². The van der Waals surface area contributed by atoms with Crippen molar-refractivity contribution in [2.45, 2.75) is 26.4 Å². The van der Waals surface area contributed by atoms with Gasteiger partial charge in [0.25, 0.3) is 0 Å². The summed E-state index contributed by atoms with van der Waals surface area (Å²) in [5, 5.41) is 0. The number of anilines is 1. The number of nitrogens with zero attached hydrogens (tertiary/aromatic N) is 1. The van der Waals surface area contributed by atoms with Gasteiger partial charge in [-0.1, -0.05) is 26.0 Å². The lowest BCUT2D eigenvalue weighted by atomic mass is 10.1. The van der Waals surface area contributed by atoms with Crippen LogP contribution in [0.2, 0.25) is 0 Å². The first-order valence-corrected chi connectivity index (χ1v) is 6.47. The van der Waals surface area contributed by atoms with Gasteiger partial charge in [0.15, 0.2) is 0 Å². The molecule has 0 aromatic heterocycles. The van der Waals surface area contributed by atoms with Crippen molar-refractivity contribution in [3.63, 3.8) is 0 Å². The van der Waals surface area contributed by atoms with Crippen molar-refractivity contribution in [3.8, 4) is 0 Å². The molecule has 0 fully saturated rings. The molecule has 0 aliphatic heterocycles. The van der Waals surface area contributed by atoms with Crippen molar-refractivity contribution in [1.29, 1.82) is 0 Å². The maximum absolute atomic E-state index is 13.0. The third-order valence-corrected chi connectivity index (χ3v) is 2.77. The standard InChI is InChI=1S/C14H21F3N2/c1-11(2)10-19(9-5-8-18)13-7-4-3-6-12(13)14(15,16)17/h3-4,6-7,11H,5,8-10,18H2,1-2H3. The van der Waals surface area contributed by atoms with E-state index in [1.165, 1.54) is 12.1 Å². The molecule has 108 valence electrons. The van der Waals surface area contributed by atoms with Crippen molar-refractivity contribution >= 4 is 5.69 Å². The number of hydrogen-bond donors (Lipinski definition) is 1. The number of para-hydroxylation sites is 1. The fourth-order valence-electron chi connectivity index (χ4n) is 2.02. The second-order valence-electron chi connectivity index (χ2n) is 5.00. The zero-order chi connectivity index (χ0) is 14.5. The molecule has 0 aliphatic rings. The van der Waals surface area contributed by atoms with Crippen molar-refractivity contribution in [1.82, 2.24) is 0 Å². The molecule has 2 N–H and O–H groups in total. The minimum Gasteiger partial charge on any atom is -0.371 e. The topological polar surface area (TPSA) is 29.3 Å². The summed E-state index contributed by atoms with van der Waals surface area (Å²) in [4.78, 5) is 1.78. The molecule has 0 amide bonds. The highest BCUT2D eigenvalue weighted by Gasteiger charge is 2.34. The Morgan fingerprint density at radius 1 is 1.21 bits per heavy atom. The zero-order valence-electron chi connectivity index (χ0n) is 11.4. The van der Waals surface area contributed by atoms with Crippen LogP contribution in [-0.4, -0.2) is 19.6 Å². The van der Waals surface area contributed by atoms with Crippen LogP contribution < -0.4 is 10.6 Å². The quantitative estimate of drug-likeness (QED) is 0.860. The van der Waals surface area contributed by atoms with Crippen molar-refractivity contribution in [2.75, 3.05) is 24.5 Å². The largest absolute Gasteiger partial charge is 0.418 e. The van der Waals surface area contributed by atoms with E-state index in [0.717, 1.165) is 6.07 Å². The molecule has 0 saturated carbocycles. The Hall–Kier alpha value is -1.23. The molecule has 1 aromatic carbocycles. The molecule has 0 aliphatic carbocycles. The average Bonchev–Trinajstić information content (AvgIpc) is 2.33. The highest BCUT2D eigenvalue weighted by atomic mass is 19.4. The normalized spacial score (nSPS) is 11.9. The Morgan fingerprint density at radius 3 is 2.37 bits per heavy atom. The van der Waals surface area contributed by atoms with Gasteiger partial charge in [-0.3, -0.25) is 0 Å². The molecule has 0 bridgehead atoms. The molecule has 0 saturated heterocycles. The summed E-state index contributed by atoms with van der Waals surface area (Å²) in [7, 11) is 0. The summed E-state index contributed by atoms with van der Waals surface area (Å²) in [6.07, 6.45) is -3.65. The second-order valence-corrected chi connectivity index (χ2v) is 5.00. The molecule has 1 aromatic rings. The van der Waals surface area contributed by atoms with Crippen LogP contribution in [0.1, 0.15) is 25.8 Å². The highest BCUT2D eigenvalue weighted by molar-refractivity contribution is 5.55. The van der Waals surface area contributed by atoms with Gasteiger partial charge in [-0.25, -0.2) is 0 Å². The smallest absolute Gasteiger partial charge is 0.371 e. The molecule has 0 unspecified atom stereocenters. The van der Waals surface area contributed by atoms with E-state index in [1.807, 2.05) is 13.8 Å². The molecule has 5 heteroatoms. The van der Waals surface area contributed by atoms with Gasteiger partial charge in [-0.2, -0.15) is 13.2 Å². The number of nitrogens with two attached hydrogens (primary N) is 1. The second kappa shape index (κ2) is 6.80. The molecule has 2 nitrogen and oxygen atoms in total. The third kappa shape index (κ3) is 4.74. The SMILES string of the molecule is CC(C)CN(CCCN)c1ccccc1C(F)(F)F. The van der Waals surface area contributed by atoms with Crippen LogP contribution in [0, 0.1) is 5.92 Å². The number of hydrogen-bond acceptors (Lipinski definition) is 2. The fraction of sp³-hybridized carbons (Fsp3) is 0.571. The van der Waals surface area contributed by atoms with Crippen LogP contribution in [-0.2, 0) is 6.18 Å². The summed E-state index contributed by atoms with van der Waals surface area (Å²) in [6.45, 7) is 5.59. The van der Waals surface area contributed by atoms with Gasteiger partial charge in [-0.05, 0) is 31.0 Å². The van der Waals surface area contributed by atoms with E-state index >= 15 is 0 Å². The van der Waals surface area contributed by atoms with Gasteiger partial charge in [0, 0.05) is 18.8 Å². The number of halogens is 3. The summed E-state index contributed by atoms with van der Waals surface area (Å²) in [5.74, 6) is 0.291. The Balaban J connectivity index is 3.07. The summed E-state index contributed by atoms with van der Waals surface area (Å²) < 4.78 is 39.1. The minimum absolute atomic E-state index is 0.247. The first-order chi connectivity index (χ1) is 8.86. The van der Waals surface area contributed by atoms with Gasteiger partial charge in [-0.15, -0.1) is 0 Å². The van der Waals surface area contributed by atoms with Gasteiger partial charge >= 0.3 is 6.18 Å². The third-order valence-electron chi connectivity index (χ3n) is 2.77. The molecular weight excluding hydrogens is 253 g/mol. The molecular formula is C14H21F3N2. The Kier molecular flexibility index (Phi) is 5.66. The zero-order valence-corrected chi connectivity index (χ0v) is 11.4. The van der Waals surface area contributed by atoms with E-state index in [2.05, 4.69) is 0 Å². The lowest BCUT2D eigenvalue weighted by molar-refractivity contribution is -0.137. The fourth-order valence-corrected chi connectivity index (χ4v) is 2.02. The average molecular weight is 274 g/mol. The first kappa shape index (κ1) is 15.8. The van der Waals surface area contributed by atoms with Gasteiger partial charge in [0.1, 0.15) is 0 Å². The lowest BCUT2D eigenvalue weighted by Gasteiger charge is -2.29.